The van der Waals surface area contributed by atoms with Gasteiger partial charge in [0, 0.05) is 36.9 Å². The van der Waals surface area contributed by atoms with Gasteiger partial charge in [-0.1, -0.05) is 11.3 Å². The van der Waals surface area contributed by atoms with Crippen LogP contribution in [0.3, 0.4) is 0 Å². The topological polar surface area (TPSA) is 68.1 Å². The van der Waals surface area contributed by atoms with Gasteiger partial charge in [0.05, 0.1) is 4.92 Å². The maximum Gasteiger partial charge on any atom is 0.324 e. The van der Waals surface area contributed by atoms with Crippen LogP contribution in [-0.2, 0) is 13.1 Å². The van der Waals surface area contributed by atoms with Gasteiger partial charge in [-0.05, 0) is 23.3 Å². The van der Waals surface area contributed by atoms with Gasteiger partial charge in [0.15, 0.2) is 0 Å². The third-order valence-corrected chi connectivity index (χ3v) is 3.16. The summed E-state index contributed by atoms with van der Waals surface area (Å²) in [5, 5.41) is 15.7. The molecule has 0 unspecified atom stereocenters. The van der Waals surface area contributed by atoms with Crippen molar-refractivity contribution in [2.45, 2.75) is 13.1 Å². The minimum atomic E-state index is -0.364. The second-order valence-corrected chi connectivity index (χ2v) is 4.40. The molecule has 6 heteroatoms. The maximum absolute atomic E-state index is 10.5. The highest BCUT2D eigenvalue weighted by molar-refractivity contribution is 7.13. The Balaban J connectivity index is 1.84. The van der Waals surface area contributed by atoms with Gasteiger partial charge < -0.3 is 5.32 Å². The van der Waals surface area contributed by atoms with E-state index < -0.39 is 0 Å². The van der Waals surface area contributed by atoms with Crippen LogP contribution in [0.4, 0.5) is 5.00 Å². The average molecular weight is 249 g/mol. The SMILES string of the molecule is O=[N+]([O-])c1cc(CNCc2ccncc2)cs1. The molecule has 0 amide bonds. The molecule has 2 aromatic rings. The second kappa shape index (κ2) is 5.51. The quantitative estimate of drug-likeness (QED) is 0.652. The largest absolute Gasteiger partial charge is 0.324 e. The van der Waals surface area contributed by atoms with Crippen molar-refractivity contribution in [1.82, 2.24) is 10.3 Å². The number of pyridine rings is 1. The minimum absolute atomic E-state index is 0.186. The highest BCUT2D eigenvalue weighted by atomic mass is 32.1. The summed E-state index contributed by atoms with van der Waals surface area (Å²) in [7, 11) is 0. The second-order valence-electron chi connectivity index (χ2n) is 3.51. The van der Waals surface area contributed by atoms with Crippen LogP contribution in [0.25, 0.3) is 0 Å². The number of nitrogens with one attached hydrogen (secondary N) is 1. The zero-order valence-electron chi connectivity index (χ0n) is 9.00. The molecular formula is C11H11N3O2S. The fourth-order valence-corrected chi connectivity index (χ4v) is 2.13. The molecular weight excluding hydrogens is 238 g/mol. The average Bonchev–Trinajstić information content (AvgIpc) is 2.79. The normalized spacial score (nSPS) is 10.4. The van der Waals surface area contributed by atoms with E-state index in [-0.39, 0.29) is 9.92 Å². The van der Waals surface area contributed by atoms with Gasteiger partial charge in [0.25, 0.3) is 0 Å². The van der Waals surface area contributed by atoms with Gasteiger partial charge in [0.2, 0.25) is 0 Å². The first-order chi connectivity index (χ1) is 8.25. The molecule has 5 nitrogen and oxygen atoms in total. The summed E-state index contributed by atoms with van der Waals surface area (Å²) in [6.07, 6.45) is 3.49. The van der Waals surface area contributed by atoms with Crippen molar-refractivity contribution in [2.75, 3.05) is 0 Å². The van der Waals surface area contributed by atoms with Crippen LogP contribution in [0.2, 0.25) is 0 Å². The van der Waals surface area contributed by atoms with Crippen molar-refractivity contribution in [3.8, 4) is 0 Å². The predicted molar refractivity (Wildman–Crippen MR) is 65.8 cm³/mol. The summed E-state index contributed by atoms with van der Waals surface area (Å²) >= 11 is 1.15. The number of aromatic nitrogens is 1. The lowest BCUT2D eigenvalue weighted by molar-refractivity contribution is -0.380. The molecule has 2 heterocycles. The van der Waals surface area contributed by atoms with Gasteiger partial charge in [-0.25, -0.2) is 0 Å². The molecule has 17 heavy (non-hydrogen) atoms. The molecule has 0 spiro atoms. The van der Waals surface area contributed by atoms with E-state index in [0.717, 1.165) is 29.0 Å². The van der Waals surface area contributed by atoms with Crippen LogP contribution in [0.15, 0.2) is 36.0 Å². The molecule has 0 aliphatic carbocycles. The zero-order chi connectivity index (χ0) is 12.1. The summed E-state index contributed by atoms with van der Waals surface area (Å²) in [5.74, 6) is 0. The molecule has 0 fully saturated rings. The summed E-state index contributed by atoms with van der Waals surface area (Å²) in [4.78, 5) is 14.1. The number of rotatable bonds is 5. The Hall–Kier alpha value is -1.79. The Morgan fingerprint density at radius 2 is 2.00 bits per heavy atom. The predicted octanol–water partition coefficient (Wildman–Crippen LogP) is 2.34. The van der Waals surface area contributed by atoms with Gasteiger partial charge in [-0.15, -0.1) is 0 Å². The Morgan fingerprint density at radius 1 is 1.29 bits per heavy atom. The molecule has 2 rings (SSSR count). The van der Waals surface area contributed by atoms with E-state index in [0.29, 0.717) is 6.54 Å². The number of hydrogen-bond acceptors (Lipinski definition) is 5. The molecule has 0 bridgehead atoms. The summed E-state index contributed by atoms with van der Waals surface area (Å²) in [5.41, 5.74) is 2.08. The van der Waals surface area contributed by atoms with Crippen molar-refractivity contribution in [1.29, 1.82) is 0 Å². The number of thiophene rings is 1. The van der Waals surface area contributed by atoms with E-state index >= 15 is 0 Å². The van der Waals surface area contributed by atoms with Crippen LogP contribution < -0.4 is 5.32 Å². The molecule has 2 aromatic heterocycles. The highest BCUT2D eigenvalue weighted by Crippen LogP contribution is 2.22. The Kier molecular flexibility index (Phi) is 3.79. The van der Waals surface area contributed by atoms with Gasteiger partial charge >= 0.3 is 5.00 Å². The molecule has 88 valence electrons. The van der Waals surface area contributed by atoms with E-state index in [2.05, 4.69) is 10.3 Å². The van der Waals surface area contributed by atoms with Crippen LogP contribution in [0.1, 0.15) is 11.1 Å². The first-order valence-corrected chi connectivity index (χ1v) is 5.95. The molecule has 0 saturated carbocycles. The van der Waals surface area contributed by atoms with Gasteiger partial charge in [-0.2, -0.15) is 0 Å². The van der Waals surface area contributed by atoms with Crippen molar-refractivity contribution in [2.24, 2.45) is 0 Å². The summed E-state index contributed by atoms with van der Waals surface area (Å²) in [6.45, 7) is 1.36. The summed E-state index contributed by atoms with van der Waals surface area (Å²) in [6, 6.07) is 5.47. The van der Waals surface area contributed by atoms with E-state index in [1.54, 1.807) is 23.8 Å². The number of hydrogen-bond donors (Lipinski definition) is 1. The molecule has 1 N–H and O–H groups in total. The molecule has 0 saturated heterocycles. The van der Waals surface area contributed by atoms with E-state index in [9.17, 15) is 10.1 Å². The smallest absolute Gasteiger partial charge is 0.309 e. The van der Waals surface area contributed by atoms with Crippen molar-refractivity contribution in [3.63, 3.8) is 0 Å². The molecule has 0 aromatic carbocycles. The van der Waals surface area contributed by atoms with E-state index in [4.69, 9.17) is 0 Å². The number of nitro groups is 1. The van der Waals surface area contributed by atoms with Crippen molar-refractivity contribution < 1.29 is 4.92 Å². The van der Waals surface area contributed by atoms with E-state index in [1.165, 1.54) is 0 Å². The lowest BCUT2D eigenvalue weighted by atomic mass is 10.2. The van der Waals surface area contributed by atoms with Crippen LogP contribution in [0, 0.1) is 10.1 Å². The maximum atomic E-state index is 10.5. The van der Waals surface area contributed by atoms with Gasteiger partial charge in [-0.3, -0.25) is 15.1 Å². The van der Waals surface area contributed by atoms with Crippen LogP contribution >= 0.6 is 11.3 Å². The first kappa shape index (κ1) is 11.7. The number of nitrogens with zero attached hydrogens (tertiary/aromatic N) is 2. The Morgan fingerprint density at radius 3 is 2.65 bits per heavy atom. The fourth-order valence-electron chi connectivity index (χ4n) is 1.40. The molecule has 0 atom stereocenters. The Labute approximate surface area is 102 Å². The third-order valence-electron chi connectivity index (χ3n) is 2.23. The minimum Gasteiger partial charge on any atom is -0.309 e. The van der Waals surface area contributed by atoms with Crippen molar-refractivity contribution in [3.05, 3.63) is 57.2 Å². The van der Waals surface area contributed by atoms with Crippen LogP contribution in [0.5, 0.6) is 0 Å². The Bertz CT molecular complexity index is 498. The summed E-state index contributed by atoms with van der Waals surface area (Å²) < 4.78 is 0. The lowest BCUT2D eigenvalue weighted by Gasteiger charge is -2.02. The molecule has 0 aliphatic rings. The highest BCUT2D eigenvalue weighted by Gasteiger charge is 2.08. The van der Waals surface area contributed by atoms with Gasteiger partial charge in [0.1, 0.15) is 0 Å². The molecule has 0 aliphatic heterocycles. The monoisotopic (exact) mass is 249 g/mol. The third kappa shape index (κ3) is 3.33. The molecule has 0 radical (unpaired) electrons. The standard InChI is InChI=1S/C11H11N3O2S/c15-14(16)11-5-10(8-17-11)7-13-6-9-1-3-12-4-2-9/h1-5,8,13H,6-7H2. The lowest BCUT2D eigenvalue weighted by Crippen LogP contribution is -2.11. The van der Waals surface area contributed by atoms with E-state index in [1.807, 2.05) is 12.1 Å². The zero-order valence-corrected chi connectivity index (χ0v) is 9.81. The van der Waals surface area contributed by atoms with Crippen molar-refractivity contribution >= 4 is 16.3 Å². The fraction of sp³-hybridized carbons (Fsp3) is 0.182. The van der Waals surface area contributed by atoms with Crippen LogP contribution in [-0.4, -0.2) is 9.91 Å². The first-order valence-electron chi connectivity index (χ1n) is 5.07.